The van der Waals surface area contributed by atoms with Gasteiger partial charge in [-0.15, -0.1) is 0 Å². The second-order valence-electron chi connectivity index (χ2n) is 5.67. The molecule has 1 aromatic rings. The van der Waals surface area contributed by atoms with E-state index in [1.807, 2.05) is 6.07 Å². The topological polar surface area (TPSA) is 41.5 Å². The van der Waals surface area contributed by atoms with Crippen LogP contribution in [0.15, 0.2) is 28.7 Å². The van der Waals surface area contributed by atoms with E-state index < -0.39 is 0 Å². The first-order valence-corrected chi connectivity index (χ1v) is 8.16. The molecule has 112 valence electrons. The summed E-state index contributed by atoms with van der Waals surface area (Å²) in [5.74, 6) is 0. The van der Waals surface area contributed by atoms with Crippen LogP contribution in [0.5, 0.6) is 0 Å². The first-order chi connectivity index (χ1) is 9.69. The second-order valence-corrected chi connectivity index (χ2v) is 6.58. The molecule has 4 heteroatoms. The van der Waals surface area contributed by atoms with E-state index in [9.17, 15) is 5.11 Å². The van der Waals surface area contributed by atoms with Gasteiger partial charge < -0.3 is 15.2 Å². The molecule has 1 unspecified atom stereocenters. The van der Waals surface area contributed by atoms with Gasteiger partial charge in [0, 0.05) is 35.7 Å². The van der Waals surface area contributed by atoms with Gasteiger partial charge in [-0.3, -0.25) is 0 Å². The van der Waals surface area contributed by atoms with E-state index in [-0.39, 0.29) is 12.0 Å². The maximum Gasteiger partial charge on any atom is 0.0501 e. The third-order valence-corrected chi connectivity index (χ3v) is 4.76. The van der Waals surface area contributed by atoms with Crippen LogP contribution in [0.25, 0.3) is 0 Å². The molecular formula is C16H24BrNO2. The molecule has 2 rings (SSSR count). The fraction of sp³-hybridized carbons (Fsp3) is 0.625. The molecule has 20 heavy (non-hydrogen) atoms. The van der Waals surface area contributed by atoms with Crippen molar-refractivity contribution in [1.29, 1.82) is 0 Å². The van der Waals surface area contributed by atoms with Crippen LogP contribution >= 0.6 is 15.9 Å². The molecule has 1 aromatic carbocycles. The Kier molecular flexibility index (Phi) is 6.02. The van der Waals surface area contributed by atoms with Crippen molar-refractivity contribution in [3.8, 4) is 0 Å². The highest BCUT2D eigenvalue weighted by atomic mass is 79.9. The summed E-state index contributed by atoms with van der Waals surface area (Å²) in [5, 5.41) is 13.4. The standard InChI is InChI=1S/C16H24BrNO2/c1-2-15(13-4-3-5-14(17)10-13)18-11-16(12-19)6-8-20-9-7-16/h3-5,10,15,18-19H,2,6-9,11-12H2,1H3. The Morgan fingerprint density at radius 3 is 2.75 bits per heavy atom. The average Bonchev–Trinajstić information content (AvgIpc) is 2.49. The Morgan fingerprint density at radius 1 is 1.40 bits per heavy atom. The predicted octanol–water partition coefficient (Wildman–Crippen LogP) is 3.28. The van der Waals surface area contributed by atoms with Crippen molar-refractivity contribution in [2.24, 2.45) is 5.41 Å². The zero-order valence-corrected chi connectivity index (χ0v) is 13.7. The van der Waals surface area contributed by atoms with Crippen molar-refractivity contribution >= 4 is 15.9 Å². The van der Waals surface area contributed by atoms with Gasteiger partial charge in [0.2, 0.25) is 0 Å². The summed E-state index contributed by atoms with van der Waals surface area (Å²) < 4.78 is 6.52. The molecule has 0 bridgehead atoms. The summed E-state index contributed by atoms with van der Waals surface area (Å²) in [6, 6.07) is 8.76. The minimum absolute atomic E-state index is 0.0162. The van der Waals surface area contributed by atoms with Gasteiger partial charge in [-0.25, -0.2) is 0 Å². The quantitative estimate of drug-likeness (QED) is 0.834. The zero-order valence-electron chi connectivity index (χ0n) is 12.1. The molecule has 0 radical (unpaired) electrons. The van der Waals surface area contributed by atoms with Crippen LogP contribution in [-0.2, 0) is 4.74 Å². The number of halogens is 1. The van der Waals surface area contributed by atoms with Gasteiger partial charge in [0.25, 0.3) is 0 Å². The van der Waals surface area contributed by atoms with E-state index >= 15 is 0 Å². The molecule has 0 spiro atoms. The Balaban J connectivity index is 1.99. The van der Waals surface area contributed by atoms with Crippen molar-refractivity contribution in [3.63, 3.8) is 0 Å². The normalized spacial score (nSPS) is 19.8. The third-order valence-electron chi connectivity index (χ3n) is 4.27. The number of rotatable bonds is 6. The Hall–Kier alpha value is -0.420. The molecule has 1 aliphatic rings. The fourth-order valence-electron chi connectivity index (χ4n) is 2.76. The summed E-state index contributed by atoms with van der Waals surface area (Å²) in [6.45, 7) is 4.79. The van der Waals surface area contributed by atoms with Gasteiger partial charge in [0.05, 0.1) is 6.61 Å². The SMILES string of the molecule is CCC(NCC1(CO)CCOCC1)c1cccc(Br)c1. The van der Waals surface area contributed by atoms with Gasteiger partial charge >= 0.3 is 0 Å². The Labute approximate surface area is 129 Å². The molecule has 0 amide bonds. The molecule has 1 heterocycles. The summed E-state index contributed by atoms with van der Waals surface area (Å²) >= 11 is 3.53. The molecule has 0 saturated carbocycles. The van der Waals surface area contributed by atoms with E-state index in [0.29, 0.717) is 6.04 Å². The van der Waals surface area contributed by atoms with Gasteiger partial charge in [-0.2, -0.15) is 0 Å². The minimum Gasteiger partial charge on any atom is -0.396 e. The summed E-state index contributed by atoms with van der Waals surface area (Å²) in [4.78, 5) is 0. The highest BCUT2D eigenvalue weighted by molar-refractivity contribution is 9.10. The number of hydrogen-bond acceptors (Lipinski definition) is 3. The smallest absolute Gasteiger partial charge is 0.0501 e. The van der Waals surface area contributed by atoms with Crippen molar-refractivity contribution < 1.29 is 9.84 Å². The van der Waals surface area contributed by atoms with Crippen LogP contribution in [-0.4, -0.2) is 31.5 Å². The first kappa shape index (κ1) is 16.0. The minimum atomic E-state index is -0.0162. The Bertz CT molecular complexity index is 419. The highest BCUT2D eigenvalue weighted by Crippen LogP contribution is 2.30. The van der Waals surface area contributed by atoms with E-state index in [1.165, 1.54) is 5.56 Å². The number of benzene rings is 1. The van der Waals surface area contributed by atoms with Crippen LogP contribution in [0.4, 0.5) is 0 Å². The molecule has 2 N–H and O–H groups in total. The van der Waals surface area contributed by atoms with E-state index in [1.54, 1.807) is 0 Å². The molecule has 3 nitrogen and oxygen atoms in total. The molecular weight excluding hydrogens is 318 g/mol. The van der Waals surface area contributed by atoms with Crippen molar-refractivity contribution in [3.05, 3.63) is 34.3 Å². The van der Waals surface area contributed by atoms with Gasteiger partial charge in [0.1, 0.15) is 0 Å². The maximum atomic E-state index is 9.74. The van der Waals surface area contributed by atoms with Gasteiger partial charge in [0.15, 0.2) is 0 Å². The number of nitrogens with one attached hydrogen (secondary N) is 1. The summed E-state index contributed by atoms with van der Waals surface area (Å²) in [7, 11) is 0. The predicted molar refractivity (Wildman–Crippen MR) is 84.7 cm³/mol. The molecule has 0 aromatic heterocycles. The number of hydrogen-bond donors (Lipinski definition) is 2. The van der Waals surface area contributed by atoms with Crippen LogP contribution in [0.1, 0.15) is 37.8 Å². The second kappa shape index (κ2) is 7.55. The largest absolute Gasteiger partial charge is 0.396 e. The summed E-state index contributed by atoms with van der Waals surface area (Å²) in [6.07, 6.45) is 2.91. The number of aliphatic hydroxyl groups excluding tert-OH is 1. The number of ether oxygens (including phenoxy) is 1. The van der Waals surface area contributed by atoms with Crippen LogP contribution in [0, 0.1) is 5.41 Å². The van der Waals surface area contributed by atoms with E-state index in [4.69, 9.17) is 4.74 Å². The fourth-order valence-corrected chi connectivity index (χ4v) is 3.17. The number of aliphatic hydroxyl groups is 1. The lowest BCUT2D eigenvalue weighted by molar-refractivity contribution is -0.0166. The Morgan fingerprint density at radius 2 is 2.15 bits per heavy atom. The lowest BCUT2D eigenvalue weighted by atomic mass is 9.80. The van der Waals surface area contributed by atoms with Crippen molar-refractivity contribution in [2.45, 2.75) is 32.2 Å². The highest BCUT2D eigenvalue weighted by Gasteiger charge is 2.32. The van der Waals surface area contributed by atoms with Gasteiger partial charge in [-0.1, -0.05) is 35.0 Å². The first-order valence-electron chi connectivity index (χ1n) is 7.36. The average molecular weight is 342 g/mol. The monoisotopic (exact) mass is 341 g/mol. The van der Waals surface area contributed by atoms with Crippen LogP contribution < -0.4 is 5.32 Å². The van der Waals surface area contributed by atoms with Gasteiger partial charge in [-0.05, 0) is 37.0 Å². The van der Waals surface area contributed by atoms with Crippen molar-refractivity contribution in [2.75, 3.05) is 26.4 Å². The lowest BCUT2D eigenvalue weighted by Crippen LogP contribution is -2.42. The molecule has 1 fully saturated rings. The molecule has 0 aliphatic carbocycles. The zero-order chi connectivity index (χ0) is 14.4. The van der Waals surface area contributed by atoms with Crippen molar-refractivity contribution in [1.82, 2.24) is 5.32 Å². The summed E-state index contributed by atoms with van der Waals surface area (Å²) in [5.41, 5.74) is 1.28. The molecule has 1 aliphatic heterocycles. The van der Waals surface area contributed by atoms with Crippen LogP contribution in [0.3, 0.4) is 0 Å². The lowest BCUT2D eigenvalue weighted by Gasteiger charge is -2.37. The molecule has 1 atom stereocenters. The van der Waals surface area contributed by atoms with E-state index in [0.717, 1.165) is 43.5 Å². The maximum absolute atomic E-state index is 9.74. The third kappa shape index (κ3) is 4.04. The van der Waals surface area contributed by atoms with Crippen LogP contribution in [0.2, 0.25) is 0 Å². The van der Waals surface area contributed by atoms with E-state index in [2.05, 4.69) is 46.4 Å². The molecule has 1 saturated heterocycles.